The highest BCUT2D eigenvalue weighted by atomic mass is 32.2. The van der Waals surface area contributed by atoms with Gasteiger partial charge in [-0.25, -0.2) is 26.6 Å². The fourth-order valence-electron chi connectivity index (χ4n) is 1.57. The summed E-state index contributed by atoms with van der Waals surface area (Å²) in [5.74, 6) is -1.08. The van der Waals surface area contributed by atoms with Crippen LogP contribution in [0.3, 0.4) is 0 Å². The van der Waals surface area contributed by atoms with E-state index in [2.05, 4.69) is 14.8 Å². The molecule has 0 atom stereocenters. The smallest absolute Gasteiger partial charge is 0.350 e. The van der Waals surface area contributed by atoms with Gasteiger partial charge in [0.25, 0.3) is 10.0 Å². The Morgan fingerprint density at radius 3 is 2.30 bits per heavy atom. The van der Waals surface area contributed by atoms with Crippen molar-refractivity contribution in [2.75, 3.05) is 6.26 Å². The number of nitrogens with one attached hydrogen (secondary N) is 1. The van der Waals surface area contributed by atoms with E-state index in [0.29, 0.717) is 0 Å². The highest BCUT2D eigenvalue weighted by Crippen LogP contribution is 2.20. The molecule has 2 rings (SSSR count). The normalized spacial score (nSPS) is 11.9. The van der Waals surface area contributed by atoms with Gasteiger partial charge in [-0.1, -0.05) is 12.1 Å². The van der Waals surface area contributed by atoms with Crippen molar-refractivity contribution in [3.63, 3.8) is 0 Å². The van der Waals surface area contributed by atoms with Gasteiger partial charge in [-0.3, -0.25) is 4.98 Å². The molecule has 0 spiro atoms. The molecule has 2 aromatic rings. The summed E-state index contributed by atoms with van der Waals surface area (Å²) in [6.07, 6.45) is 4.50. The Morgan fingerprint density at radius 2 is 1.74 bits per heavy atom. The summed E-state index contributed by atoms with van der Waals surface area (Å²) >= 11 is 0. The third kappa shape index (κ3) is 4.09. The number of sulfonamides is 1. The van der Waals surface area contributed by atoms with Crippen LogP contribution >= 0.6 is 0 Å². The Hall–Kier alpha value is -2.37. The number of rotatable bonds is 5. The number of sulfone groups is 1. The van der Waals surface area contributed by atoms with Crippen LogP contribution in [0.15, 0.2) is 52.6 Å². The summed E-state index contributed by atoms with van der Waals surface area (Å²) < 4.78 is 47.6. The van der Waals surface area contributed by atoms with Crippen molar-refractivity contribution < 1.29 is 26.5 Å². The molecule has 122 valence electrons. The van der Waals surface area contributed by atoms with Crippen LogP contribution in [0.5, 0.6) is 0 Å². The molecule has 0 saturated heterocycles. The predicted octanol–water partition coefficient (Wildman–Crippen LogP) is -0.0696. The van der Waals surface area contributed by atoms with Crippen LogP contribution in [0, 0.1) is 0 Å². The van der Waals surface area contributed by atoms with Crippen molar-refractivity contribution in [3.05, 3.63) is 48.5 Å². The van der Waals surface area contributed by atoms with Gasteiger partial charge in [0.05, 0.1) is 11.1 Å². The first-order valence-electron chi connectivity index (χ1n) is 6.00. The van der Waals surface area contributed by atoms with E-state index >= 15 is 0 Å². The minimum atomic E-state index is -4.40. The first-order chi connectivity index (χ1) is 10.7. The summed E-state index contributed by atoms with van der Waals surface area (Å²) in [4.78, 5) is 24.0. The maximum atomic E-state index is 12.1. The third-order valence-corrected chi connectivity index (χ3v) is 5.08. The van der Waals surface area contributed by atoms with Crippen molar-refractivity contribution in [2.45, 2.75) is 9.79 Å². The van der Waals surface area contributed by atoms with Gasteiger partial charge in [0.1, 0.15) is 4.90 Å². The van der Waals surface area contributed by atoms with Gasteiger partial charge in [-0.2, -0.15) is 0 Å². The van der Waals surface area contributed by atoms with E-state index in [1.54, 1.807) is 4.89 Å². The molecular formula is C12H11N3O6S2. The molecule has 0 fully saturated rings. The average molecular weight is 357 g/mol. The maximum absolute atomic E-state index is 12.1. The van der Waals surface area contributed by atoms with Crippen LogP contribution < -0.4 is 4.89 Å². The van der Waals surface area contributed by atoms with E-state index in [1.165, 1.54) is 24.5 Å². The highest BCUT2D eigenvalue weighted by molar-refractivity contribution is 7.93. The number of benzene rings is 1. The van der Waals surface area contributed by atoms with Crippen LogP contribution in [-0.2, 0) is 24.7 Å². The van der Waals surface area contributed by atoms with Crippen LogP contribution in [0.2, 0.25) is 0 Å². The van der Waals surface area contributed by atoms with Crippen LogP contribution in [-0.4, -0.2) is 39.0 Å². The highest BCUT2D eigenvalue weighted by Gasteiger charge is 2.25. The Bertz CT molecular complexity index is 926. The third-order valence-electron chi connectivity index (χ3n) is 2.55. The lowest BCUT2D eigenvalue weighted by atomic mass is 10.4. The second kappa shape index (κ2) is 6.40. The number of aromatic nitrogens is 2. The van der Waals surface area contributed by atoms with Crippen molar-refractivity contribution in [1.82, 2.24) is 14.9 Å². The Kier molecular flexibility index (Phi) is 4.73. The van der Waals surface area contributed by atoms with Crippen LogP contribution in [0.25, 0.3) is 0 Å². The summed E-state index contributed by atoms with van der Waals surface area (Å²) in [5, 5.41) is 0. The standard InChI is InChI=1S/C12H11N3O6S2/c1-22(17,18)10-4-2-3-5-11(10)23(19,20)15-21-12(16)9-8-13-6-7-14-9/h2-8,15H,1H3. The average Bonchev–Trinajstić information content (AvgIpc) is 2.53. The SMILES string of the molecule is CS(=O)(=O)c1ccccc1S(=O)(=O)NOC(=O)c1cnccn1. The first-order valence-corrected chi connectivity index (χ1v) is 9.37. The molecule has 9 nitrogen and oxygen atoms in total. The monoisotopic (exact) mass is 357 g/mol. The zero-order chi connectivity index (χ0) is 17.1. The minimum absolute atomic E-state index is 0.216. The van der Waals surface area contributed by atoms with E-state index in [0.717, 1.165) is 24.6 Å². The molecule has 0 amide bonds. The number of hydrogen-bond acceptors (Lipinski definition) is 8. The lowest BCUT2D eigenvalue weighted by molar-refractivity contribution is 0.0399. The molecule has 0 unspecified atom stereocenters. The van der Waals surface area contributed by atoms with Crippen molar-refractivity contribution in [3.8, 4) is 0 Å². The molecule has 1 aromatic heterocycles. The molecule has 23 heavy (non-hydrogen) atoms. The zero-order valence-corrected chi connectivity index (χ0v) is 13.3. The number of nitrogens with zero attached hydrogens (tertiary/aromatic N) is 2. The van der Waals surface area contributed by atoms with E-state index in [1.807, 2.05) is 0 Å². The Morgan fingerprint density at radius 1 is 1.09 bits per heavy atom. The molecule has 0 bridgehead atoms. The second-order valence-corrected chi connectivity index (χ2v) is 7.88. The molecule has 0 aliphatic heterocycles. The van der Waals surface area contributed by atoms with Crippen molar-refractivity contribution in [2.24, 2.45) is 0 Å². The van der Waals surface area contributed by atoms with E-state index in [9.17, 15) is 21.6 Å². The quantitative estimate of drug-likeness (QED) is 0.735. The number of carbonyl (C=O) groups is 1. The molecule has 0 aliphatic carbocycles. The fourth-order valence-corrected chi connectivity index (χ4v) is 3.98. The lowest BCUT2D eigenvalue weighted by Crippen LogP contribution is -2.28. The van der Waals surface area contributed by atoms with Gasteiger partial charge in [0.2, 0.25) is 0 Å². The van der Waals surface area contributed by atoms with E-state index < -0.39 is 35.6 Å². The van der Waals surface area contributed by atoms with E-state index in [-0.39, 0.29) is 5.69 Å². The van der Waals surface area contributed by atoms with Gasteiger partial charge in [-0.05, 0) is 17.0 Å². The first kappa shape index (κ1) is 17.0. The fraction of sp³-hybridized carbons (Fsp3) is 0.0833. The lowest BCUT2D eigenvalue weighted by Gasteiger charge is -2.09. The largest absolute Gasteiger partial charge is 0.378 e. The zero-order valence-electron chi connectivity index (χ0n) is 11.7. The molecule has 0 aliphatic rings. The maximum Gasteiger partial charge on any atom is 0.378 e. The molecular weight excluding hydrogens is 346 g/mol. The molecule has 1 aromatic carbocycles. The summed E-state index contributed by atoms with van der Waals surface area (Å²) in [5.41, 5.74) is -0.216. The van der Waals surface area contributed by atoms with Crippen LogP contribution in [0.1, 0.15) is 10.5 Å². The molecule has 0 radical (unpaired) electrons. The van der Waals surface area contributed by atoms with Gasteiger partial charge in [-0.15, -0.1) is 0 Å². The number of hydrogen-bond donors (Lipinski definition) is 1. The van der Waals surface area contributed by atoms with Crippen LogP contribution in [0.4, 0.5) is 0 Å². The van der Waals surface area contributed by atoms with Gasteiger partial charge in [0, 0.05) is 18.6 Å². The van der Waals surface area contributed by atoms with Crippen molar-refractivity contribution in [1.29, 1.82) is 0 Å². The van der Waals surface area contributed by atoms with E-state index in [4.69, 9.17) is 0 Å². The predicted molar refractivity (Wildman–Crippen MR) is 77.3 cm³/mol. The molecule has 11 heteroatoms. The Labute approximate surface area is 132 Å². The Balaban J connectivity index is 2.26. The molecule has 1 N–H and O–H groups in total. The number of carbonyl (C=O) groups excluding carboxylic acids is 1. The summed E-state index contributed by atoms with van der Waals surface area (Å²) in [6.45, 7) is 0. The molecule has 0 saturated carbocycles. The summed E-state index contributed by atoms with van der Waals surface area (Å²) in [7, 11) is -8.19. The minimum Gasteiger partial charge on any atom is -0.350 e. The van der Waals surface area contributed by atoms with Gasteiger partial charge < -0.3 is 4.84 Å². The summed E-state index contributed by atoms with van der Waals surface area (Å²) in [6, 6.07) is 4.93. The topological polar surface area (TPSA) is 132 Å². The van der Waals surface area contributed by atoms with Gasteiger partial charge >= 0.3 is 5.97 Å². The second-order valence-electron chi connectivity index (χ2n) is 4.29. The van der Waals surface area contributed by atoms with Gasteiger partial charge in [0.15, 0.2) is 15.5 Å². The molecule has 1 heterocycles. The van der Waals surface area contributed by atoms with Crippen molar-refractivity contribution >= 4 is 25.8 Å².